The summed E-state index contributed by atoms with van der Waals surface area (Å²) in [4.78, 5) is 0. The number of alkyl halides is 6. The molecule has 0 saturated heterocycles. The molecule has 55 heavy (non-hydrogen) atoms. The summed E-state index contributed by atoms with van der Waals surface area (Å²) in [6.45, 7) is 0. The summed E-state index contributed by atoms with van der Waals surface area (Å²) in [7, 11) is -19.8. The smallest absolute Gasteiger partial charge is 0.748 e. The van der Waals surface area contributed by atoms with E-state index in [0.717, 1.165) is 0 Å². The van der Waals surface area contributed by atoms with Gasteiger partial charge in [-0.25, -0.2) is 33.7 Å². The van der Waals surface area contributed by atoms with Gasteiger partial charge in [-0.05, 0) is 84.7 Å². The zero-order valence-electron chi connectivity index (χ0n) is 30.0. The monoisotopic (exact) mass is 944 g/mol. The molecule has 2 rings (SSSR count). The van der Waals surface area contributed by atoms with Crippen molar-refractivity contribution in [2.45, 2.75) is 69.1 Å². The Balaban J connectivity index is -0.00000676. The molecule has 0 aliphatic carbocycles. The third-order valence-electron chi connectivity index (χ3n) is 7.61. The Bertz CT molecular complexity index is 1770. The van der Waals surface area contributed by atoms with Crippen LogP contribution in [0, 0.1) is 0 Å². The van der Waals surface area contributed by atoms with Crippen molar-refractivity contribution in [1.29, 1.82) is 0 Å². The molecule has 0 aromatic heterocycles. The van der Waals surface area contributed by atoms with Gasteiger partial charge in [-0.3, -0.25) is 0 Å². The van der Waals surface area contributed by atoms with Crippen LogP contribution < -0.4 is 162 Å². The molecule has 292 valence electrons. The van der Waals surface area contributed by atoms with Crippen molar-refractivity contribution in [3.63, 3.8) is 0 Å². The molecule has 0 spiro atoms. The van der Waals surface area contributed by atoms with Crippen molar-refractivity contribution in [1.82, 2.24) is 0 Å². The number of rotatable bonds is 18. The molecule has 2 N–H and O–H groups in total. The molecule has 14 nitrogen and oxygen atoms in total. The first-order chi connectivity index (χ1) is 22.9. The van der Waals surface area contributed by atoms with Crippen LogP contribution in [0.3, 0.4) is 0 Å². The SMILES string of the molecule is O=S(=O)([O-])CCCc1cc(C(c2cc(CCCS(=O)(=O)[O-])c(O)c(CCCS(=O)(=O)[O-])c2)(C(F)(F)F)C(F)(F)F)cc(CCCS(=O)(=O)[O-])c1O.[K+].[K+].[Na+].[Na+]. The zero-order chi connectivity index (χ0) is 39.4. The van der Waals surface area contributed by atoms with Crippen molar-refractivity contribution >= 4 is 40.5 Å². The summed E-state index contributed by atoms with van der Waals surface area (Å²) in [6, 6.07) is 0.896. The Kier molecular flexibility index (Phi) is 27.4. The van der Waals surface area contributed by atoms with Gasteiger partial charge in [0.15, 0.2) is 0 Å². The molecule has 0 amide bonds. The third-order valence-corrected chi connectivity index (χ3v) is 10.8. The van der Waals surface area contributed by atoms with E-state index in [0.29, 0.717) is 0 Å². The minimum Gasteiger partial charge on any atom is -0.748 e. The molecular weight excluding hydrogens is 915 g/mol. The molecule has 0 saturated carbocycles. The fourth-order valence-electron chi connectivity index (χ4n) is 5.45. The molecule has 0 bridgehead atoms. The Morgan fingerprint density at radius 2 is 0.636 bits per heavy atom. The van der Waals surface area contributed by atoms with Crippen molar-refractivity contribution in [3.8, 4) is 11.5 Å². The van der Waals surface area contributed by atoms with Gasteiger partial charge >= 0.3 is 174 Å². The first kappa shape index (κ1) is 61.8. The Morgan fingerprint density at radius 1 is 0.455 bits per heavy atom. The number of hydrogen-bond acceptors (Lipinski definition) is 14. The van der Waals surface area contributed by atoms with E-state index in [1.54, 1.807) is 0 Å². The fourth-order valence-corrected chi connectivity index (χ4v) is 7.45. The Hall–Kier alpha value is 2.53. The minimum atomic E-state index is -6.38. The second-order valence-corrected chi connectivity index (χ2v) is 17.6. The number of halogens is 6. The number of aromatic hydroxyl groups is 2. The van der Waals surface area contributed by atoms with Crippen molar-refractivity contribution in [2.24, 2.45) is 0 Å². The van der Waals surface area contributed by atoms with E-state index in [-0.39, 0.29) is 186 Å². The molecule has 0 aliphatic rings. The van der Waals surface area contributed by atoms with Crippen molar-refractivity contribution in [2.75, 3.05) is 23.0 Å². The quantitative estimate of drug-likeness (QED) is 0.0799. The Labute approximate surface area is 444 Å². The number of hydrogen-bond donors (Lipinski definition) is 2. The maximum atomic E-state index is 15.3. The molecule has 0 atom stereocenters. The van der Waals surface area contributed by atoms with E-state index in [1.165, 1.54) is 0 Å². The van der Waals surface area contributed by atoms with Crippen LogP contribution in [0.15, 0.2) is 24.3 Å². The summed E-state index contributed by atoms with van der Waals surface area (Å²) in [6.07, 6.45) is -18.8. The Morgan fingerprint density at radius 3 is 0.782 bits per heavy atom. The van der Waals surface area contributed by atoms with E-state index in [1.807, 2.05) is 0 Å². The van der Waals surface area contributed by atoms with E-state index in [2.05, 4.69) is 0 Å². The molecule has 0 fully saturated rings. The van der Waals surface area contributed by atoms with Crippen LogP contribution in [-0.2, 0) is 71.6 Å². The van der Waals surface area contributed by atoms with Crippen LogP contribution in [-0.4, -0.2) is 97.5 Å². The topological polar surface area (TPSA) is 269 Å². The molecule has 0 unspecified atom stereocenters. The molecule has 0 radical (unpaired) electrons. The van der Waals surface area contributed by atoms with Gasteiger partial charge < -0.3 is 28.4 Å². The largest absolute Gasteiger partial charge is 1.00 e. The molecule has 2 aromatic rings. The molecule has 0 heterocycles. The number of phenolic OH excluding ortho intramolecular Hbond substituents is 2. The molecule has 28 heteroatoms. The normalized spacial score (nSPS) is 12.8. The maximum absolute atomic E-state index is 15.3. The third kappa shape index (κ3) is 19.6. The van der Waals surface area contributed by atoms with E-state index in [4.69, 9.17) is 0 Å². The predicted molar refractivity (Wildman–Crippen MR) is 161 cm³/mol. The van der Waals surface area contributed by atoms with Crippen LogP contribution in [0.4, 0.5) is 26.3 Å². The number of benzene rings is 2. The fraction of sp³-hybridized carbons (Fsp3) is 0.556. The molecular formula is C27H30F6K2Na2O14S4. The summed E-state index contributed by atoms with van der Waals surface area (Å²) in [5.41, 5.74) is -11.5. The number of phenols is 2. The van der Waals surface area contributed by atoms with E-state index >= 15 is 26.3 Å². The standard InChI is InChI=1S/C27H34F6O14S4.2K.2Na/c28-26(29,30)25(27(31,32)33,21-13-17(5-1-9-48(36,37)38)23(34)18(14-21)6-2-10-49(39,40)41)22-15-19(7-3-11-50(42,43)44)24(35)20(16-22)8-4-12-51(45,46)47;;;;/h13-16,34-35H,1-12H2,(H,36,37,38)(H,39,40,41)(H,42,43,44)(H,45,46,47);;;;/q;4*+1/p-4. The summed E-state index contributed by atoms with van der Waals surface area (Å²) in [5.74, 6) is -6.62. The van der Waals surface area contributed by atoms with Crippen molar-refractivity contribution in [3.05, 3.63) is 57.6 Å². The number of aryl methyl sites for hydroxylation is 4. The predicted octanol–water partition coefficient (Wildman–Crippen LogP) is -9.56. The second-order valence-electron chi connectivity index (χ2n) is 11.5. The summed E-state index contributed by atoms with van der Waals surface area (Å²) in [5, 5.41) is 21.5. The first-order valence-electron chi connectivity index (χ1n) is 14.5. The average Bonchev–Trinajstić information content (AvgIpc) is 2.89. The van der Waals surface area contributed by atoms with Crippen LogP contribution in [0.5, 0.6) is 11.5 Å². The van der Waals surface area contributed by atoms with E-state index < -0.39 is 177 Å². The van der Waals surface area contributed by atoms with Gasteiger partial charge in [0, 0.05) is 23.0 Å². The van der Waals surface area contributed by atoms with Crippen molar-refractivity contribution < 1.29 is 250 Å². The van der Waals surface area contributed by atoms with Crippen LogP contribution in [0.1, 0.15) is 59.1 Å². The van der Waals surface area contributed by atoms with Crippen LogP contribution in [0.25, 0.3) is 0 Å². The van der Waals surface area contributed by atoms with Gasteiger partial charge in [-0.2, -0.15) is 26.3 Å². The van der Waals surface area contributed by atoms with Gasteiger partial charge in [0.05, 0.1) is 40.5 Å². The van der Waals surface area contributed by atoms with Gasteiger partial charge in [0.1, 0.15) is 11.5 Å². The first-order valence-corrected chi connectivity index (χ1v) is 20.8. The maximum Gasteiger partial charge on any atom is 1.00 e. The minimum absolute atomic E-state index is 0. The van der Waals surface area contributed by atoms with Gasteiger partial charge in [-0.1, -0.05) is 24.3 Å². The van der Waals surface area contributed by atoms with E-state index in [9.17, 15) is 62.1 Å². The zero-order valence-corrected chi connectivity index (χ0v) is 43.5. The second kappa shape index (κ2) is 24.4. The average molecular weight is 945 g/mol. The van der Waals surface area contributed by atoms with Gasteiger partial charge in [0.25, 0.3) is 0 Å². The summed E-state index contributed by atoms with van der Waals surface area (Å²) >= 11 is 0. The summed E-state index contributed by atoms with van der Waals surface area (Å²) < 4.78 is 225. The molecule has 0 aliphatic heterocycles. The van der Waals surface area contributed by atoms with Gasteiger partial charge in [-0.15, -0.1) is 0 Å². The molecule has 2 aromatic carbocycles. The van der Waals surface area contributed by atoms with Gasteiger partial charge in [0.2, 0.25) is 5.41 Å². The van der Waals surface area contributed by atoms with Crippen LogP contribution >= 0.6 is 0 Å². The van der Waals surface area contributed by atoms with Crippen LogP contribution in [0.2, 0.25) is 0 Å².